The van der Waals surface area contributed by atoms with Gasteiger partial charge in [0.05, 0.1) is 18.3 Å². The van der Waals surface area contributed by atoms with Gasteiger partial charge in [-0.15, -0.1) is 0 Å². The molecule has 30 heavy (non-hydrogen) atoms. The highest BCUT2D eigenvalue weighted by Crippen LogP contribution is 2.33. The minimum absolute atomic E-state index is 0. The minimum atomic E-state index is -0.172. The minimum Gasteiger partial charge on any atom is -0.497 e. The average molecular weight is 405 g/mol. The van der Waals surface area contributed by atoms with Crippen molar-refractivity contribution in [1.29, 1.82) is 0 Å². The monoisotopic (exact) mass is 404 g/mol. The van der Waals surface area contributed by atoms with Crippen LogP contribution in [0.25, 0.3) is 33.1 Å². The Morgan fingerprint density at radius 2 is 1.83 bits per heavy atom. The van der Waals surface area contributed by atoms with Crippen LogP contribution in [0.5, 0.6) is 5.75 Å². The number of fused-ring (bicyclic) bond motifs is 3. The van der Waals surface area contributed by atoms with E-state index in [2.05, 4.69) is 16.4 Å². The molecule has 1 amide bonds. The van der Waals surface area contributed by atoms with Gasteiger partial charge in [0.2, 0.25) is 0 Å². The lowest BCUT2D eigenvalue weighted by Gasteiger charge is -2.11. The number of pyridine rings is 1. The first-order valence-corrected chi connectivity index (χ1v) is 9.55. The van der Waals surface area contributed by atoms with Gasteiger partial charge in [-0.25, -0.2) is 4.98 Å². The van der Waals surface area contributed by atoms with Crippen molar-refractivity contribution in [3.63, 3.8) is 0 Å². The van der Waals surface area contributed by atoms with Crippen molar-refractivity contribution in [2.24, 2.45) is 0 Å². The largest absolute Gasteiger partial charge is 0.497 e. The van der Waals surface area contributed by atoms with Crippen molar-refractivity contribution < 1.29 is 9.53 Å². The number of carbonyl (C=O) groups excluding carboxylic acids is 1. The summed E-state index contributed by atoms with van der Waals surface area (Å²) in [4.78, 5) is 23.0. The Labute approximate surface area is 176 Å². The number of nitrogens with zero attached hydrogens (tertiary/aromatic N) is 2. The lowest BCUT2D eigenvalue weighted by atomic mass is 10.1. The van der Waals surface area contributed by atoms with Crippen LogP contribution in [0, 0.1) is 0 Å². The summed E-state index contributed by atoms with van der Waals surface area (Å²) in [5.74, 6) is 0.605. The lowest BCUT2D eigenvalue weighted by molar-refractivity contribution is 0.0946. The van der Waals surface area contributed by atoms with E-state index in [0.717, 1.165) is 45.4 Å². The molecule has 0 saturated heterocycles. The second-order valence-electron chi connectivity index (χ2n) is 7.24. The van der Waals surface area contributed by atoms with Crippen LogP contribution >= 0.6 is 0 Å². The molecule has 156 valence electrons. The number of rotatable bonds is 6. The van der Waals surface area contributed by atoms with Gasteiger partial charge in [-0.05, 0) is 50.5 Å². The zero-order valence-corrected chi connectivity index (χ0v) is 16.8. The number of para-hydroxylation sites is 1. The number of hydrogen-bond donors (Lipinski definition) is 2. The van der Waals surface area contributed by atoms with Gasteiger partial charge >= 0.3 is 0 Å². The van der Waals surface area contributed by atoms with E-state index >= 15 is 0 Å². The van der Waals surface area contributed by atoms with Crippen LogP contribution in [0.15, 0.2) is 54.6 Å². The quantitative estimate of drug-likeness (QED) is 0.502. The molecule has 0 spiro atoms. The zero-order chi connectivity index (χ0) is 20.4. The molecule has 2 aromatic carbocycles. The van der Waals surface area contributed by atoms with E-state index < -0.39 is 0 Å². The van der Waals surface area contributed by atoms with Crippen molar-refractivity contribution in [1.82, 2.24) is 20.2 Å². The molecule has 2 N–H and O–H groups in total. The molecule has 0 saturated carbocycles. The molecule has 0 atom stereocenters. The van der Waals surface area contributed by atoms with Gasteiger partial charge in [0.15, 0.2) is 0 Å². The number of methoxy groups -OCH3 is 1. The number of ether oxygens (including phenoxy) is 1. The fraction of sp³-hybridized carbons (Fsp3) is 0.250. The van der Waals surface area contributed by atoms with E-state index in [1.54, 1.807) is 7.11 Å². The Hall–Kier alpha value is -3.38. The zero-order valence-electron chi connectivity index (χ0n) is 16.8. The van der Waals surface area contributed by atoms with Crippen molar-refractivity contribution in [3.05, 3.63) is 60.3 Å². The maximum absolute atomic E-state index is 12.8. The van der Waals surface area contributed by atoms with Gasteiger partial charge in [0, 0.05) is 34.9 Å². The first-order chi connectivity index (χ1) is 14.1. The number of benzene rings is 2. The third-order valence-corrected chi connectivity index (χ3v) is 4.94. The summed E-state index contributed by atoms with van der Waals surface area (Å²) in [5, 5.41) is 5.02. The standard InChI is InChI=1S/C23H24N4O2.CH4/c1-27(2)13-12-24-23(28)20-14-18-17-6-4-5-7-19(17)25-22(18)21(26-20)15-8-10-16(29-3)11-9-15;/h4-11,14,25H,12-13H2,1-3H3,(H,24,28);1H4. The fourth-order valence-electron chi connectivity index (χ4n) is 3.40. The van der Waals surface area contributed by atoms with Gasteiger partial charge in [-0.1, -0.05) is 25.6 Å². The molecule has 0 aliphatic rings. The summed E-state index contributed by atoms with van der Waals surface area (Å²) in [6.07, 6.45) is 0. The maximum atomic E-state index is 12.8. The van der Waals surface area contributed by atoms with E-state index in [4.69, 9.17) is 9.72 Å². The average Bonchev–Trinajstić information content (AvgIpc) is 3.11. The number of H-pyrrole nitrogens is 1. The van der Waals surface area contributed by atoms with Gasteiger partial charge in [0.25, 0.3) is 5.91 Å². The third kappa shape index (κ3) is 4.14. The van der Waals surface area contributed by atoms with Crippen LogP contribution in [0.3, 0.4) is 0 Å². The smallest absolute Gasteiger partial charge is 0.269 e. The maximum Gasteiger partial charge on any atom is 0.269 e. The summed E-state index contributed by atoms with van der Waals surface area (Å²) >= 11 is 0. The van der Waals surface area contributed by atoms with E-state index in [0.29, 0.717) is 12.2 Å². The molecule has 4 aromatic rings. The van der Waals surface area contributed by atoms with Crippen molar-refractivity contribution in [2.45, 2.75) is 7.43 Å². The lowest BCUT2D eigenvalue weighted by Crippen LogP contribution is -2.31. The Morgan fingerprint density at radius 3 is 2.53 bits per heavy atom. The van der Waals surface area contributed by atoms with E-state index in [1.165, 1.54) is 0 Å². The van der Waals surface area contributed by atoms with Crippen LogP contribution in [-0.4, -0.2) is 55.1 Å². The van der Waals surface area contributed by atoms with Crippen LogP contribution in [0.1, 0.15) is 17.9 Å². The summed E-state index contributed by atoms with van der Waals surface area (Å²) in [6, 6.07) is 17.7. The second-order valence-corrected chi connectivity index (χ2v) is 7.24. The molecule has 0 aliphatic heterocycles. The molecular weight excluding hydrogens is 376 g/mol. The second kappa shape index (κ2) is 8.97. The van der Waals surface area contributed by atoms with Gasteiger partial charge in [-0.2, -0.15) is 0 Å². The van der Waals surface area contributed by atoms with Gasteiger partial charge < -0.3 is 19.9 Å². The van der Waals surface area contributed by atoms with Crippen LogP contribution in [0.2, 0.25) is 0 Å². The molecule has 4 rings (SSSR count). The Morgan fingerprint density at radius 1 is 1.10 bits per heavy atom. The fourth-order valence-corrected chi connectivity index (χ4v) is 3.40. The van der Waals surface area contributed by atoms with Gasteiger partial charge in [-0.3, -0.25) is 4.79 Å². The number of carbonyl (C=O) groups is 1. The van der Waals surface area contributed by atoms with Crippen LogP contribution < -0.4 is 10.1 Å². The van der Waals surface area contributed by atoms with Crippen molar-refractivity contribution in [2.75, 3.05) is 34.3 Å². The molecular formula is C24H28N4O2. The molecule has 0 bridgehead atoms. The molecule has 6 heteroatoms. The van der Waals surface area contributed by atoms with E-state index in [1.807, 2.05) is 67.5 Å². The Balaban J connectivity index is 0.00000256. The Kier molecular flexibility index (Phi) is 6.37. The number of aromatic amines is 1. The highest BCUT2D eigenvalue weighted by molar-refractivity contribution is 6.13. The number of aromatic nitrogens is 2. The first kappa shape index (κ1) is 21.3. The number of nitrogens with one attached hydrogen (secondary N) is 2. The first-order valence-electron chi connectivity index (χ1n) is 9.55. The van der Waals surface area contributed by atoms with Crippen LogP contribution in [-0.2, 0) is 0 Å². The summed E-state index contributed by atoms with van der Waals surface area (Å²) in [6.45, 7) is 1.34. The van der Waals surface area contributed by atoms with E-state index in [9.17, 15) is 4.79 Å². The molecule has 0 radical (unpaired) electrons. The molecule has 2 aromatic heterocycles. The van der Waals surface area contributed by atoms with Gasteiger partial charge in [0.1, 0.15) is 11.4 Å². The number of amides is 1. The van der Waals surface area contributed by atoms with Crippen LogP contribution in [0.4, 0.5) is 0 Å². The molecule has 2 heterocycles. The summed E-state index contributed by atoms with van der Waals surface area (Å²) in [7, 11) is 5.59. The normalized spacial score (nSPS) is 10.9. The molecule has 6 nitrogen and oxygen atoms in total. The van der Waals surface area contributed by atoms with E-state index in [-0.39, 0.29) is 13.3 Å². The highest BCUT2D eigenvalue weighted by atomic mass is 16.5. The molecule has 0 fully saturated rings. The summed E-state index contributed by atoms with van der Waals surface area (Å²) < 4.78 is 5.27. The number of hydrogen-bond acceptors (Lipinski definition) is 4. The third-order valence-electron chi connectivity index (χ3n) is 4.94. The molecule has 0 aliphatic carbocycles. The topological polar surface area (TPSA) is 70.2 Å². The SMILES string of the molecule is C.COc1ccc(-c2nc(C(=O)NCCN(C)C)cc3c2[nH]c2ccccc23)cc1. The highest BCUT2D eigenvalue weighted by Gasteiger charge is 2.17. The van der Waals surface area contributed by atoms with Crippen molar-refractivity contribution in [3.8, 4) is 17.0 Å². The Bertz CT molecular complexity index is 1160. The predicted octanol–water partition coefficient (Wildman–Crippen LogP) is 4.32. The number of likely N-dealkylation sites (N-methyl/N-ethyl adjacent to an activating group) is 1. The molecule has 0 unspecified atom stereocenters. The van der Waals surface area contributed by atoms with Crippen molar-refractivity contribution >= 4 is 27.7 Å². The summed E-state index contributed by atoms with van der Waals surface area (Å²) in [5.41, 5.74) is 4.02. The predicted molar refractivity (Wildman–Crippen MR) is 123 cm³/mol.